The van der Waals surface area contributed by atoms with Crippen LogP contribution in [0.3, 0.4) is 0 Å². The number of nitrogens with zero attached hydrogens (tertiary/aromatic N) is 4. The summed E-state index contributed by atoms with van der Waals surface area (Å²) in [6.07, 6.45) is 7.47. The third-order valence-electron chi connectivity index (χ3n) is 6.26. The minimum atomic E-state index is -0.0758. The van der Waals surface area contributed by atoms with E-state index < -0.39 is 0 Å². The molecule has 1 saturated carbocycles. The fourth-order valence-electron chi connectivity index (χ4n) is 4.45. The van der Waals surface area contributed by atoms with E-state index in [0.717, 1.165) is 31.2 Å². The average Bonchev–Trinajstić information content (AvgIpc) is 2.74. The molecule has 1 aromatic carbocycles. The number of anilines is 1. The summed E-state index contributed by atoms with van der Waals surface area (Å²) in [6.45, 7) is 0.879. The molecule has 0 atom stereocenters. The predicted molar refractivity (Wildman–Crippen MR) is 111 cm³/mol. The zero-order valence-electron chi connectivity index (χ0n) is 16.1. The van der Waals surface area contributed by atoms with Gasteiger partial charge in [-0.05, 0) is 37.8 Å². The van der Waals surface area contributed by atoms with Gasteiger partial charge in [0.15, 0.2) is 5.78 Å². The Balaban J connectivity index is 1.59. The maximum Gasteiger partial charge on any atom is 0.255 e. The van der Waals surface area contributed by atoms with Crippen molar-refractivity contribution in [2.24, 2.45) is 0 Å². The standard InChI is InChI=1S/C23H22N4O2/c28-20(18-5-2-1-3-6-18)16-27-22-25-19(17-7-12-24-13-8-17)15-21(29)26(22)14-11-23(27)9-4-10-23/h1-3,5-8,12-13,15H,4,9-11,14,16H2. The van der Waals surface area contributed by atoms with E-state index >= 15 is 0 Å². The van der Waals surface area contributed by atoms with Gasteiger partial charge in [0.05, 0.1) is 12.2 Å². The Morgan fingerprint density at radius 3 is 2.48 bits per heavy atom. The van der Waals surface area contributed by atoms with Crippen molar-refractivity contribution in [3.63, 3.8) is 0 Å². The smallest absolute Gasteiger partial charge is 0.255 e. The van der Waals surface area contributed by atoms with Gasteiger partial charge >= 0.3 is 0 Å². The number of hydrogen-bond acceptors (Lipinski definition) is 5. The molecule has 2 aromatic heterocycles. The van der Waals surface area contributed by atoms with E-state index in [-0.39, 0.29) is 23.4 Å². The topological polar surface area (TPSA) is 68.1 Å². The summed E-state index contributed by atoms with van der Waals surface area (Å²) in [6, 6.07) is 14.6. The average molecular weight is 386 g/mol. The SMILES string of the molecule is O=C(CN1c2nc(-c3ccncc3)cc(=O)n2CCC12CCC2)c1ccccc1. The highest BCUT2D eigenvalue weighted by atomic mass is 16.1. The van der Waals surface area contributed by atoms with Gasteiger partial charge in [0.25, 0.3) is 5.56 Å². The van der Waals surface area contributed by atoms with Gasteiger partial charge in [-0.1, -0.05) is 30.3 Å². The molecule has 0 radical (unpaired) electrons. The number of Topliss-reactive ketones (excluding diaryl/α,β-unsaturated/α-hetero) is 1. The van der Waals surface area contributed by atoms with Crippen LogP contribution in [0.2, 0.25) is 0 Å². The highest BCUT2D eigenvalue weighted by Gasteiger charge is 2.47. The lowest BCUT2D eigenvalue weighted by Crippen LogP contribution is -2.60. The molecule has 29 heavy (non-hydrogen) atoms. The first kappa shape index (κ1) is 17.8. The molecule has 0 N–H and O–H groups in total. The molecule has 1 spiro atoms. The van der Waals surface area contributed by atoms with Crippen LogP contribution in [-0.4, -0.2) is 32.4 Å². The van der Waals surface area contributed by atoms with Crippen LogP contribution in [0.15, 0.2) is 65.7 Å². The Bertz CT molecular complexity index is 1100. The van der Waals surface area contributed by atoms with Crippen LogP contribution in [0.4, 0.5) is 5.95 Å². The number of hydrogen-bond donors (Lipinski definition) is 0. The van der Waals surface area contributed by atoms with Crippen LogP contribution < -0.4 is 10.5 Å². The van der Waals surface area contributed by atoms with Crippen molar-refractivity contribution in [1.29, 1.82) is 0 Å². The predicted octanol–water partition coefficient (Wildman–Crippen LogP) is 3.32. The summed E-state index contributed by atoms with van der Waals surface area (Å²) < 4.78 is 1.71. The van der Waals surface area contributed by atoms with Gasteiger partial charge in [0, 0.05) is 41.7 Å². The van der Waals surface area contributed by atoms with Gasteiger partial charge < -0.3 is 4.90 Å². The lowest BCUT2D eigenvalue weighted by atomic mass is 9.72. The lowest BCUT2D eigenvalue weighted by molar-refractivity contribution is 0.0966. The molecule has 0 amide bonds. The fraction of sp³-hybridized carbons (Fsp3) is 0.304. The monoisotopic (exact) mass is 386 g/mol. The third kappa shape index (κ3) is 3.05. The normalized spacial score (nSPS) is 16.9. The molecule has 2 aliphatic rings. The summed E-state index contributed by atoms with van der Waals surface area (Å²) >= 11 is 0. The van der Waals surface area contributed by atoms with Gasteiger partial charge in [-0.15, -0.1) is 0 Å². The lowest BCUT2D eigenvalue weighted by Gasteiger charge is -2.53. The second-order valence-electron chi connectivity index (χ2n) is 7.87. The molecule has 1 fully saturated rings. The molecular weight excluding hydrogens is 364 g/mol. The van der Waals surface area contributed by atoms with Crippen LogP contribution in [0.1, 0.15) is 36.0 Å². The van der Waals surface area contributed by atoms with Crippen molar-refractivity contribution in [1.82, 2.24) is 14.5 Å². The van der Waals surface area contributed by atoms with Gasteiger partial charge in [-0.3, -0.25) is 19.1 Å². The second kappa shape index (κ2) is 6.95. The zero-order valence-corrected chi connectivity index (χ0v) is 16.1. The van der Waals surface area contributed by atoms with Gasteiger partial charge in [-0.25, -0.2) is 4.98 Å². The summed E-state index contributed by atoms with van der Waals surface area (Å²) in [5.74, 6) is 0.661. The van der Waals surface area contributed by atoms with Crippen molar-refractivity contribution >= 4 is 11.7 Å². The van der Waals surface area contributed by atoms with Crippen molar-refractivity contribution in [2.45, 2.75) is 37.8 Å². The van der Waals surface area contributed by atoms with E-state index in [2.05, 4.69) is 9.88 Å². The number of benzene rings is 1. The zero-order chi connectivity index (χ0) is 19.8. The summed E-state index contributed by atoms with van der Waals surface area (Å²) in [5.41, 5.74) is 2.01. The number of aromatic nitrogens is 3. The van der Waals surface area contributed by atoms with Crippen LogP contribution in [0.5, 0.6) is 0 Å². The second-order valence-corrected chi connectivity index (χ2v) is 7.87. The van der Waals surface area contributed by atoms with E-state index in [4.69, 9.17) is 4.98 Å². The molecule has 5 rings (SSSR count). The Morgan fingerprint density at radius 2 is 1.79 bits per heavy atom. The number of pyridine rings is 1. The largest absolute Gasteiger partial charge is 0.329 e. The summed E-state index contributed by atoms with van der Waals surface area (Å²) in [5, 5.41) is 0. The third-order valence-corrected chi connectivity index (χ3v) is 6.26. The Labute approximate surface area is 168 Å². The molecule has 0 saturated heterocycles. The maximum absolute atomic E-state index is 13.0. The van der Waals surface area contributed by atoms with E-state index in [1.54, 1.807) is 23.0 Å². The Kier molecular flexibility index (Phi) is 4.27. The molecule has 6 heteroatoms. The van der Waals surface area contributed by atoms with E-state index in [1.165, 1.54) is 0 Å². The number of carbonyl (C=O) groups is 1. The molecule has 6 nitrogen and oxygen atoms in total. The molecule has 1 aliphatic heterocycles. The van der Waals surface area contributed by atoms with Gasteiger partial charge in [0.1, 0.15) is 0 Å². The fourth-order valence-corrected chi connectivity index (χ4v) is 4.45. The van der Waals surface area contributed by atoms with Crippen LogP contribution in [0, 0.1) is 0 Å². The summed E-state index contributed by atoms with van der Waals surface area (Å²) in [7, 11) is 0. The number of rotatable bonds is 4. The molecule has 146 valence electrons. The van der Waals surface area contributed by atoms with Crippen molar-refractivity contribution < 1.29 is 4.79 Å². The first-order valence-electron chi connectivity index (χ1n) is 10.0. The molecule has 3 aromatic rings. The Hall–Kier alpha value is -3.28. The number of fused-ring (bicyclic) bond motifs is 1. The first-order chi connectivity index (χ1) is 14.2. The van der Waals surface area contributed by atoms with Crippen LogP contribution in [-0.2, 0) is 6.54 Å². The quantitative estimate of drug-likeness (QED) is 0.644. The van der Waals surface area contributed by atoms with Gasteiger partial charge in [0.2, 0.25) is 5.95 Å². The van der Waals surface area contributed by atoms with Gasteiger partial charge in [-0.2, -0.15) is 0 Å². The van der Waals surface area contributed by atoms with E-state index in [0.29, 0.717) is 23.8 Å². The molecule has 0 bridgehead atoms. The minimum Gasteiger partial charge on any atom is -0.329 e. The highest BCUT2D eigenvalue weighted by Crippen LogP contribution is 2.45. The van der Waals surface area contributed by atoms with Crippen molar-refractivity contribution in [3.05, 3.63) is 76.8 Å². The highest BCUT2D eigenvalue weighted by molar-refractivity contribution is 5.99. The minimum absolute atomic E-state index is 0.0499. The van der Waals surface area contributed by atoms with Crippen molar-refractivity contribution in [2.75, 3.05) is 11.4 Å². The molecule has 1 aliphatic carbocycles. The van der Waals surface area contributed by atoms with Crippen molar-refractivity contribution in [3.8, 4) is 11.3 Å². The first-order valence-corrected chi connectivity index (χ1v) is 10.0. The summed E-state index contributed by atoms with van der Waals surface area (Å²) in [4.78, 5) is 36.9. The Morgan fingerprint density at radius 1 is 1.03 bits per heavy atom. The maximum atomic E-state index is 13.0. The van der Waals surface area contributed by atoms with E-state index in [9.17, 15) is 9.59 Å². The molecule has 0 unspecified atom stereocenters. The van der Waals surface area contributed by atoms with Crippen LogP contribution >= 0.6 is 0 Å². The van der Waals surface area contributed by atoms with E-state index in [1.807, 2.05) is 42.5 Å². The van der Waals surface area contributed by atoms with Crippen LogP contribution in [0.25, 0.3) is 11.3 Å². The molecular formula is C23H22N4O2. The number of ketones is 1. The number of carbonyl (C=O) groups excluding carboxylic acids is 1. The molecule has 3 heterocycles.